The Kier molecular flexibility index (Phi) is 18.8. The van der Waals surface area contributed by atoms with Gasteiger partial charge in [0.25, 0.3) is 10.4 Å². The zero-order chi connectivity index (χ0) is 18.3. The molecule has 0 aromatic heterocycles. The molecule has 0 spiro atoms. The summed E-state index contributed by atoms with van der Waals surface area (Å²) in [5, 5.41) is 0. The smallest absolute Gasteiger partial charge is 0.716 e. The summed E-state index contributed by atoms with van der Waals surface area (Å²) in [6.07, 6.45) is 7.73. The van der Waals surface area contributed by atoms with E-state index in [0.717, 1.165) is 38.0 Å². The van der Waals surface area contributed by atoms with Crippen LogP contribution in [0.25, 0.3) is 0 Å². The van der Waals surface area contributed by atoms with Crippen molar-refractivity contribution in [1.29, 1.82) is 0 Å². The second-order valence-corrected chi connectivity index (χ2v) is 6.38. The molecule has 0 aliphatic heterocycles. The van der Waals surface area contributed by atoms with E-state index in [-0.39, 0.29) is 35.3 Å². The molecule has 7 heteroatoms. The van der Waals surface area contributed by atoms with Gasteiger partial charge in [0.05, 0.1) is 0 Å². The molecule has 140 valence electrons. The van der Waals surface area contributed by atoms with Crippen molar-refractivity contribution in [2.24, 2.45) is 0 Å². The summed E-state index contributed by atoms with van der Waals surface area (Å²) in [7, 11) is -4.69. The number of unbranched alkanes of at least 4 members (excludes halogenated alkanes) is 5. The van der Waals surface area contributed by atoms with Crippen LogP contribution in [0.15, 0.2) is 24.3 Å². The van der Waals surface area contributed by atoms with E-state index in [2.05, 4.69) is 11.1 Å². The molecule has 0 bridgehead atoms. The fourth-order valence-electron chi connectivity index (χ4n) is 2.20. The standard InChI is InChI=1S/C14H22O4S.C4H10O.Na/c1-2-3-4-5-6-7-10-13-11-8-9-12-14(13)18-19(15,16)17;1-3-5-4-2;/h8-9,11-12H,2-7,10H2,1H3,(H,15,16,17);3-4H2,1-2H3;/q;;+1/p-1. The topological polar surface area (TPSA) is 75.7 Å². The Bertz CT molecular complexity index is 518. The first-order valence-electron chi connectivity index (χ1n) is 8.75. The Hall–Kier alpha value is -0.110. The predicted molar refractivity (Wildman–Crippen MR) is 96.0 cm³/mol. The summed E-state index contributed by atoms with van der Waals surface area (Å²) >= 11 is 0. The third-order valence-corrected chi connectivity index (χ3v) is 3.76. The van der Waals surface area contributed by atoms with Crippen LogP contribution in [0.5, 0.6) is 5.75 Å². The maximum Gasteiger partial charge on any atom is 1.00 e. The molecule has 0 fully saturated rings. The van der Waals surface area contributed by atoms with Crippen LogP contribution in [-0.2, 0) is 21.6 Å². The molecule has 1 aromatic carbocycles. The Labute approximate surface area is 175 Å². The number of ether oxygens (including phenoxy) is 1. The fraction of sp³-hybridized carbons (Fsp3) is 0.667. The Balaban J connectivity index is 0. The van der Waals surface area contributed by atoms with Crippen LogP contribution in [0, 0.1) is 0 Å². The number of benzene rings is 1. The molecule has 0 heterocycles. The zero-order valence-corrected chi connectivity index (χ0v) is 18.9. The van der Waals surface area contributed by atoms with Crippen molar-refractivity contribution in [3.8, 4) is 5.75 Å². The minimum atomic E-state index is -4.69. The molecule has 0 unspecified atom stereocenters. The van der Waals surface area contributed by atoms with E-state index >= 15 is 0 Å². The monoisotopic (exact) mass is 382 g/mol. The summed E-state index contributed by atoms with van der Waals surface area (Å²) in [6.45, 7) is 7.84. The third kappa shape index (κ3) is 17.1. The molecule has 0 N–H and O–H groups in total. The maximum absolute atomic E-state index is 10.6. The van der Waals surface area contributed by atoms with Gasteiger partial charge in [0.2, 0.25) is 0 Å². The molecule has 5 nitrogen and oxygen atoms in total. The second kappa shape index (κ2) is 17.3. The van der Waals surface area contributed by atoms with Crippen molar-refractivity contribution in [3.05, 3.63) is 29.8 Å². The van der Waals surface area contributed by atoms with Crippen LogP contribution in [0.4, 0.5) is 0 Å². The quantitative estimate of drug-likeness (QED) is 0.251. The molecule has 0 saturated heterocycles. The normalized spacial score (nSPS) is 10.4. The molecule has 0 amide bonds. The Morgan fingerprint density at radius 2 is 1.48 bits per heavy atom. The first kappa shape index (κ1) is 27.1. The minimum Gasteiger partial charge on any atom is -0.716 e. The molecule has 0 saturated carbocycles. The predicted octanol–water partition coefficient (Wildman–Crippen LogP) is 1.48. The van der Waals surface area contributed by atoms with Crippen molar-refractivity contribution < 1.29 is 51.4 Å². The van der Waals surface area contributed by atoms with E-state index in [1.807, 2.05) is 19.9 Å². The van der Waals surface area contributed by atoms with Crippen molar-refractivity contribution in [1.82, 2.24) is 0 Å². The molecule has 0 atom stereocenters. The summed E-state index contributed by atoms with van der Waals surface area (Å²) in [4.78, 5) is 0. The third-order valence-electron chi connectivity index (χ3n) is 3.37. The summed E-state index contributed by atoms with van der Waals surface area (Å²) in [6, 6.07) is 6.79. The zero-order valence-electron chi connectivity index (χ0n) is 16.1. The molecule has 0 aliphatic carbocycles. The van der Waals surface area contributed by atoms with Gasteiger partial charge >= 0.3 is 29.6 Å². The molecular weight excluding hydrogens is 351 g/mol. The summed E-state index contributed by atoms with van der Waals surface area (Å²) < 4.78 is 41.1. The van der Waals surface area contributed by atoms with Gasteiger partial charge in [0.15, 0.2) is 0 Å². The number of rotatable bonds is 11. The van der Waals surface area contributed by atoms with Crippen LogP contribution in [0.3, 0.4) is 0 Å². The van der Waals surface area contributed by atoms with E-state index < -0.39 is 10.4 Å². The SMILES string of the molecule is CCCCCCCCc1ccccc1OS(=O)(=O)[O-].CCOCC.[Na+]. The van der Waals surface area contributed by atoms with Gasteiger partial charge < -0.3 is 13.5 Å². The van der Waals surface area contributed by atoms with Crippen LogP contribution in [-0.4, -0.2) is 26.2 Å². The number of hydrogen-bond acceptors (Lipinski definition) is 5. The van der Waals surface area contributed by atoms with Gasteiger partial charge in [0, 0.05) is 13.2 Å². The van der Waals surface area contributed by atoms with E-state index in [9.17, 15) is 13.0 Å². The Morgan fingerprint density at radius 1 is 0.920 bits per heavy atom. The fourth-order valence-corrected chi connectivity index (χ4v) is 2.58. The van der Waals surface area contributed by atoms with E-state index in [1.165, 1.54) is 31.7 Å². The summed E-state index contributed by atoms with van der Waals surface area (Å²) in [5.74, 6) is 0.158. The van der Waals surface area contributed by atoms with Gasteiger partial charge in [-0.05, 0) is 38.3 Å². The van der Waals surface area contributed by atoms with E-state index in [4.69, 9.17) is 4.74 Å². The summed E-state index contributed by atoms with van der Waals surface area (Å²) in [5.41, 5.74) is 0.775. The van der Waals surface area contributed by atoms with E-state index in [1.54, 1.807) is 12.1 Å². The van der Waals surface area contributed by atoms with Gasteiger partial charge in [-0.1, -0.05) is 57.2 Å². The number of aryl methyl sites for hydroxylation is 1. The van der Waals surface area contributed by atoms with Gasteiger partial charge in [-0.2, -0.15) is 0 Å². The molecule has 1 rings (SSSR count). The van der Waals surface area contributed by atoms with E-state index in [0.29, 0.717) is 0 Å². The van der Waals surface area contributed by atoms with Crippen molar-refractivity contribution in [2.75, 3.05) is 13.2 Å². The van der Waals surface area contributed by atoms with Gasteiger partial charge in [-0.25, -0.2) is 8.42 Å². The molecule has 0 aliphatic rings. The van der Waals surface area contributed by atoms with Crippen molar-refractivity contribution in [2.45, 2.75) is 65.7 Å². The van der Waals surface area contributed by atoms with Gasteiger partial charge in [0.1, 0.15) is 5.75 Å². The first-order chi connectivity index (χ1) is 11.4. The maximum atomic E-state index is 10.6. The largest absolute Gasteiger partial charge is 1.00 e. The average molecular weight is 382 g/mol. The van der Waals surface area contributed by atoms with Gasteiger partial charge in [-0.3, -0.25) is 0 Å². The van der Waals surface area contributed by atoms with Crippen molar-refractivity contribution >= 4 is 10.4 Å². The molecule has 1 aromatic rings. The van der Waals surface area contributed by atoms with Crippen molar-refractivity contribution in [3.63, 3.8) is 0 Å². The van der Waals surface area contributed by atoms with Gasteiger partial charge in [-0.15, -0.1) is 0 Å². The molecule has 25 heavy (non-hydrogen) atoms. The van der Waals surface area contributed by atoms with Crippen LogP contribution >= 0.6 is 0 Å². The van der Waals surface area contributed by atoms with Crippen LogP contribution < -0.4 is 33.7 Å². The molecule has 0 radical (unpaired) electrons. The number of para-hydroxylation sites is 1. The Morgan fingerprint density at radius 3 is 2.00 bits per heavy atom. The first-order valence-corrected chi connectivity index (χ1v) is 10.1. The minimum absolute atomic E-state index is 0. The van der Waals surface area contributed by atoms with Crippen LogP contribution in [0.1, 0.15) is 64.9 Å². The number of hydrogen-bond donors (Lipinski definition) is 0. The second-order valence-electron chi connectivity index (χ2n) is 5.40. The molecular formula is C18H31NaO5S. The van der Waals surface area contributed by atoms with Crippen LogP contribution in [0.2, 0.25) is 0 Å². The average Bonchev–Trinajstić information content (AvgIpc) is 2.52.